The molecule has 2 aromatic carbocycles. The summed E-state index contributed by atoms with van der Waals surface area (Å²) in [6.07, 6.45) is 5.27. The number of ether oxygens (including phenoxy) is 1. The van der Waals surface area contributed by atoms with Crippen molar-refractivity contribution < 1.29 is 24.5 Å². The normalized spacial score (nSPS) is 9.67. The summed E-state index contributed by atoms with van der Waals surface area (Å²) in [7, 11) is 0. The van der Waals surface area contributed by atoms with Gasteiger partial charge in [0.1, 0.15) is 16.9 Å². The third-order valence-corrected chi connectivity index (χ3v) is 2.70. The summed E-state index contributed by atoms with van der Waals surface area (Å²) in [5.41, 5.74) is 0.0687. The van der Waals surface area contributed by atoms with Gasteiger partial charge in [0.2, 0.25) is 0 Å². The summed E-state index contributed by atoms with van der Waals surface area (Å²) in [5, 5.41) is 18.3. The van der Waals surface area contributed by atoms with Crippen molar-refractivity contribution in [3.8, 4) is 23.8 Å². The molecule has 0 saturated carbocycles. The van der Waals surface area contributed by atoms with E-state index >= 15 is 0 Å². The lowest BCUT2D eigenvalue weighted by atomic mass is 10.1. The van der Waals surface area contributed by atoms with Crippen LogP contribution in [0.2, 0.25) is 0 Å². The van der Waals surface area contributed by atoms with Gasteiger partial charge in [0.25, 0.3) is 0 Å². The highest BCUT2D eigenvalue weighted by Gasteiger charge is 2.20. The van der Waals surface area contributed by atoms with E-state index in [1.807, 2.05) is 0 Å². The largest absolute Gasteiger partial charge is 0.478 e. The summed E-state index contributed by atoms with van der Waals surface area (Å²) in [6, 6.07) is 10.3. The van der Waals surface area contributed by atoms with E-state index in [0.29, 0.717) is 5.56 Å². The van der Waals surface area contributed by atoms with Crippen molar-refractivity contribution in [2.75, 3.05) is 0 Å². The highest BCUT2D eigenvalue weighted by Crippen LogP contribution is 2.30. The fourth-order valence-electron chi connectivity index (χ4n) is 1.75. The number of rotatable bonds is 4. The van der Waals surface area contributed by atoms with Crippen molar-refractivity contribution in [2.24, 2.45) is 0 Å². The van der Waals surface area contributed by atoms with E-state index in [1.165, 1.54) is 24.3 Å². The monoisotopic (exact) mass is 282 g/mol. The second-order valence-corrected chi connectivity index (χ2v) is 4.07. The molecule has 0 aliphatic heterocycles. The van der Waals surface area contributed by atoms with Gasteiger partial charge in [-0.25, -0.2) is 9.59 Å². The molecular formula is C16H10O5. The molecule has 0 saturated heterocycles. The summed E-state index contributed by atoms with van der Waals surface area (Å²) in [6.45, 7) is 0. The van der Waals surface area contributed by atoms with Gasteiger partial charge in [-0.1, -0.05) is 18.1 Å². The average Bonchev–Trinajstić information content (AvgIpc) is 2.47. The molecule has 2 N–H and O–H groups in total. The van der Waals surface area contributed by atoms with Gasteiger partial charge in [0, 0.05) is 5.56 Å². The van der Waals surface area contributed by atoms with Gasteiger partial charge in [-0.15, -0.1) is 6.42 Å². The third kappa shape index (κ3) is 3.01. The van der Waals surface area contributed by atoms with Crippen LogP contribution in [0.15, 0.2) is 42.5 Å². The zero-order chi connectivity index (χ0) is 15.4. The van der Waals surface area contributed by atoms with Crippen LogP contribution in [0, 0.1) is 12.3 Å². The molecule has 2 aromatic rings. The Hall–Kier alpha value is -3.26. The fraction of sp³-hybridized carbons (Fsp3) is 0. The zero-order valence-electron chi connectivity index (χ0n) is 10.7. The molecule has 0 unspecified atom stereocenters. The third-order valence-electron chi connectivity index (χ3n) is 2.70. The Kier molecular flexibility index (Phi) is 3.91. The molecule has 0 aliphatic rings. The van der Waals surface area contributed by atoms with Crippen molar-refractivity contribution >= 4 is 11.9 Å². The molecule has 5 heteroatoms. The van der Waals surface area contributed by atoms with Crippen LogP contribution in [0.3, 0.4) is 0 Å². The summed E-state index contributed by atoms with van der Waals surface area (Å²) < 4.78 is 5.45. The van der Waals surface area contributed by atoms with Crippen molar-refractivity contribution in [3.05, 3.63) is 59.2 Å². The number of benzene rings is 2. The van der Waals surface area contributed by atoms with Crippen molar-refractivity contribution in [2.45, 2.75) is 0 Å². The molecule has 0 atom stereocenters. The van der Waals surface area contributed by atoms with Crippen LogP contribution in [-0.4, -0.2) is 22.2 Å². The van der Waals surface area contributed by atoms with Crippen molar-refractivity contribution in [1.82, 2.24) is 0 Å². The molecular weight excluding hydrogens is 272 g/mol. The fourth-order valence-corrected chi connectivity index (χ4v) is 1.75. The molecule has 21 heavy (non-hydrogen) atoms. The maximum Gasteiger partial charge on any atom is 0.339 e. The molecule has 104 valence electrons. The molecule has 0 fully saturated rings. The Bertz CT molecular complexity index is 723. The number of carboxylic acids is 2. The van der Waals surface area contributed by atoms with Crippen LogP contribution in [0.4, 0.5) is 0 Å². The average molecular weight is 282 g/mol. The standard InChI is InChI=1S/C16H10O5/c1-2-10-5-3-6-11(9-10)21-14-12(15(17)18)7-4-8-13(14)16(19)20/h1,3-9H,(H,17,18)(H,19,20). The smallest absolute Gasteiger partial charge is 0.339 e. The van der Waals surface area contributed by atoms with Gasteiger partial charge in [-0.05, 0) is 30.3 Å². The summed E-state index contributed by atoms with van der Waals surface area (Å²) >= 11 is 0. The van der Waals surface area contributed by atoms with E-state index in [9.17, 15) is 9.59 Å². The molecule has 0 aromatic heterocycles. The predicted molar refractivity (Wildman–Crippen MR) is 74.8 cm³/mol. The Morgan fingerprint density at radius 1 is 1.00 bits per heavy atom. The molecule has 0 radical (unpaired) electrons. The van der Waals surface area contributed by atoms with Gasteiger partial charge in [0.05, 0.1) is 0 Å². The van der Waals surface area contributed by atoms with E-state index < -0.39 is 11.9 Å². The number of aromatic carboxylic acids is 2. The molecule has 0 heterocycles. The molecule has 5 nitrogen and oxygen atoms in total. The number of para-hydroxylation sites is 1. The number of hydrogen-bond donors (Lipinski definition) is 2. The Morgan fingerprint density at radius 2 is 1.57 bits per heavy atom. The van der Waals surface area contributed by atoms with Gasteiger partial charge in [-0.2, -0.15) is 0 Å². The van der Waals surface area contributed by atoms with Gasteiger partial charge in [-0.3, -0.25) is 0 Å². The predicted octanol–water partition coefficient (Wildman–Crippen LogP) is 2.86. The minimum atomic E-state index is -1.28. The highest BCUT2D eigenvalue weighted by atomic mass is 16.5. The molecule has 0 aliphatic carbocycles. The minimum Gasteiger partial charge on any atom is -0.478 e. The second-order valence-electron chi connectivity index (χ2n) is 4.07. The van der Waals surface area contributed by atoms with E-state index in [-0.39, 0.29) is 22.6 Å². The maximum atomic E-state index is 11.2. The van der Waals surface area contributed by atoms with Crippen LogP contribution in [-0.2, 0) is 0 Å². The zero-order valence-corrected chi connectivity index (χ0v) is 10.7. The summed E-state index contributed by atoms with van der Waals surface area (Å²) in [4.78, 5) is 22.4. The van der Waals surface area contributed by atoms with Gasteiger partial charge >= 0.3 is 11.9 Å². The maximum absolute atomic E-state index is 11.2. The Labute approximate surface area is 120 Å². The molecule has 0 bridgehead atoms. The lowest BCUT2D eigenvalue weighted by molar-refractivity contribution is 0.0692. The van der Waals surface area contributed by atoms with E-state index in [0.717, 1.165) is 0 Å². The second kappa shape index (κ2) is 5.80. The first-order valence-corrected chi connectivity index (χ1v) is 5.87. The van der Waals surface area contributed by atoms with Crippen molar-refractivity contribution in [3.63, 3.8) is 0 Å². The first kappa shape index (κ1) is 14.2. The van der Waals surface area contributed by atoms with Crippen molar-refractivity contribution in [1.29, 1.82) is 0 Å². The van der Waals surface area contributed by atoms with Gasteiger partial charge in [0.15, 0.2) is 5.75 Å². The molecule has 0 spiro atoms. The number of hydrogen-bond acceptors (Lipinski definition) is 3. The lowest BCUT2D eigenvalue weighted by Crippen LogP contribution is -2.06. The van der Waals surface area contributed by atoms with E-state index in [2.05, 4.69) is 5.92 Å². The highest BCUT2D eigenvalue weighted by molar-refractivity contribution is 5.98. The molecule has 0 amide bonds. The lowest BCUT2D eigenvalue weighted by Gasteiger charge is -2.11. The van der Waals surface area contributed by atoms with E-state index in [4.69, 9.17) is 21.4 Å². The van der Waals surface area contributed by atoms with Crippen LogP contribution < -0.4 is 4.74 Å². The minimum absolute atomic E-state index is 0.230. The number of terminal acetylenes is 1. The Balaban J connectivity index is 2.54. The van der Waals surface area contributed by atoms with Crippen LogP contribution in [0.25, 0.3) is 0 Å². The topological polar surface area (TPSA) is 83.8 Å². The number of carbonyl (C=O) groups is 2. The first-order valence-electron chi connectivity index (χ1n) is 5.87. The first-order chi connectivity index (χ1) is 10.0. The number of carboxylic acid groups (broad SMARTS) is 2. The van der Waals surface area contributed by atoms with Gasteiger partial charge < -0.3 is 14.9 Å². The SMILES string of the molecule is C#Cc1cccc(Oc2c(C(=O)O)cccc2C(=O)O)c1. The van der Waals surface area contributed by atoms with Crippen LogP contribution >= 0.6 is 0 Å². The van der Waals surface area contributed by atoms with Crippen LogP contribution in [0.1, 0.15) is 26.3 Å². The van der Waals surface area contributed by atoms with E-state index in [1.54, 1.807) is 18.2 Å². The van der Waals surface area contributed by atoms with Crippen LogP contribution in [0.5, 0.6) is 11.5 Å². The quantitative estimate of drug-likeness (QED) is 0.842. The Morgan fingerprint density at radius 3 is 2.10 bits per heavy atom. The summed E-state index contributed by atoms with van der Waals surface area (Å²) in [5.74, 6) is -0.103. The molecule has 2 rings (SSSR count).